The first-order chi connectivity index (χ1) is 14.3. The zero-order valence-corrected chi connectivity index (χ0v) is 16.6. The molecular formula is C20H18N4O5S. The number of urea groups is 1. The lowest BCUT2D eigenvalue weighted by molar-refractivity contribution is 0.262. The minimum atomic E-state index is -4.33. The van der Waals surface area contributed by atoms with Gasteiger partial charge in [-0.2, -0.15) is 18.6 Å². The second kappa shape index (κ2) is 9.16. The van der Waals surface area contributed by atoms with E-state index in [1.54, 1.807) is 36.4 Å². The third-order valence-corrected chi connectivity index (χ3v) is 4.71. The Balaban J connectivity index is 1.74. The van der Waals surface area contributed by atoms with Gasteiger partial charge in [0, 0.05) is 11.8 Å². The van der Waals surface area contributed by atoms with Gasteiger partial charge in [0.25, 0.3) is 10.1 Å². The van der Waals surface area contributed by atoms with Crippen molar-refractivity contribution in [2.24, 2.45) is 10.2 Å². The molecule has 0 spiro atoms. The van der Waals surface area contributed by atoms with E-state index in [2.05, 4.69) is 20.9 Å². The summed E-state index contributed by atoms with van der Waals surface area (Å²) in [5.41, 5.74) is 1.73. The molecule has 0 saturated carbocycles. The average molecular weight is 426 g/mol. The number of benzene rings is 3. The topological polar surface area (TPSA) is 129 Å². The first-order valence-corrected chi connectivity index (χ1v) is 10.1. The molecule has 0 aromatic heterocycles. The summed E-state index contributed by atoms with van der Waals surface area (Å²) in [6, 6.07) is 18.7. The number of rotatable bonds is 6. The Hall–Kier alpha value is -3.76. The van der Waals surface area contributed by atoms with Crippen molar-refractivity contribution >= 4 is 38.9 Å². The second-order valence-corrected chi connectivity index (χ2v) is 7.42. The van der Waals surface area contributed by atoms with Gasteiger partial charge < -0.3 is 15.4 Å². The van der Waals surface area contributed by atoms with Gasteiger partial charge in [-0.1, -0.05) is 24.3 Å². The van der Waals surface area contributed by atoms with Gasteiger partial charge in [-0.05, 0) is 42.5 Å². The highest BCUT2D eigenvalue weighted by molar-refractivity contribution is 7.85. The number of nitrogens with one attached hydrogen (secondary N) is 2. The molecule has 9 nitrogen and oxygen atoms in total. The van der Waals surface area contributed by atoms with Crippen LogP contribution in [-0.2, 0) is 10.1 Å². The zero-order valence-electron chi connectivity index (χ0n) is 15.8. The van der Waals surface area contributed by atoms with Crippen LogP contribution >= 0.6 is 0 Å². The van der Waals surface area contributed by atoms with Crippen molar-refractivity contribution in [3.8, 4) is 5.75 Å². The number of carbonyl (C=O) groups is 1. The molecule has 0 radical (unpaired) electrons. The van der Waals surface area contributed by atoms with E-state index in [0.29, 0.717) is 22.8 Å². The summed E-state index contributed by atoms with van der Waals surface area (Å²) >= 11 is 0. The fourth-order valence-corrected chi connectivity index (χ4v) is 2.99. The lowest BCUT2D eigenvalue weighted by Gasteiger charge is -2.11. The minimum absolute atomic E-state index is 0.244. The van der Waals surface area contributed by atoms with Crippen LogP contribution in [0.5, 0.6) is 5.75 Å². The van der Waals surface area contributed by atoms with Crippen LogP contribution in [0.3, 0.4) is 0 Å². The molecule has 0 fully saturated rings. The molecule has 0 atom stereocenters. The molecule has 3 rings (SSSR count). The summed E-state index contributed by atoms with van der Waals surface area (Å²) < 4.78 is 36.8. The SMILES string of the molecule is COc1cc(/N=N/c2cccc(S(=O)(=O)O)c2)ccc1NC(=O)Nc1ccccc1. The van der Waals surface area contributed by atoms with Gasteiger partial charge in [-0.3, -0.25) is 4.55 Å². The molecule has 0 bridgehead atoms. The average Bonchev–Trinajstić information content (AvgIpc) is 2.73. The van der Waals surface area contributed by atoms with Crippen LogP contribution in [0.2, 0.25) is 0 Å². The fraction of sp³-hybridized carbons (Fsp3) is 0.0500. The van der Waals surface area contributed by atoms with E-state index < -0.39 is 16.1 Å². The standard InChI is InChI=1S/C20H18N4O5S/c1-29-19-13-16(24-23-15-8-5-9-17(12-15)30(26,27)28)10-11-18(19)22-20(25)21-14-6-3-2-4-7-14/h2-13H,1H3,(H2,21,22,25)(H,26,27,28)/b24-23+. The molecule has 0 heterocycles. The highest BCUT2D eigenvalue weighted by Gasteiger charge is 2.10. The lowest BCUT2D eigenvalue weighted by Crippen LogP contribution is -2.19. The first kappa shape index (κ1) is 21.0. The zero-order chi connectivity index (χ0) is 21.6. The molecule has 2 amide bonds. The van der Waals surface area contributed by atoms with Crippen molar-refractivity contribution < 1.29 is 22.5 Å². The number of amides is 2. The molecule has 0 saturated heterocycles. The molecule has 0 aliphatic heterocycles. The normalized spacial score (nSPS) is 11.3. The van der Waals surface area contributed by atoms with E-state index in [-0.39, 0.29) is 10.6 Å². The van der Waals surface area contributed by atoms with E-state index >= 15 is 0 Å². The van der Waals surface area contributed by atoms with Crippen LogP contribution < -0.4 is 15.4 Å². The number of hydrogen-bond acceptors (Lipinski definition) is 6. The molecule has 154 valence electrons. The van der Waals surface area contributed by atoms with Crippen LogP contribution in [-0.4, -0.2) is 26.1 Å². The summed E-state index contributed by atoms with van der Waals surface area (Å²) in [6.07, 6.45) is 0. The number of methoxy groups -OCH3 is 1. The Morgan fingerprint density at radius 1 is 0.900 bits per heavy atom. The Kier molecular flexibility index (Phi) is 6.40. The van der Waals surface area contributed by atoms with Crippen LogP contribution in [0.25, 0.3) is 0 Å². The van der Waals surface area contributed by atoms with Crippen molar-refractivity contribution in [1.29, 1.82) is 0 Å². The van der Waals surface area contributed by atoms with E-state index in [1.807, 2.05) is 18.2 Å². The smallest absolute Gasteiger partial charge is 0.323 e. The summed E-state index contributed by atoms with van der Waals surface area (Å²) in [6.45, 7) is 0. The Labute approximate surface area is 173 Å². The summed E-state index contributed by atoms with van der Waals surface area (Å²) in [4.78, 5) is 11.9. The van der Waals surface area contributed by atoms with E-state index in [1.165, 1.54) is 25.3 Å². The Morgan fingerprint density at radius 3 is 2.27 bits per heavy atom. The van der Waals surface area contributed by atoms with Crippen molar-refractivity contribution in [2.45, 2.75) is 4.90 Å². The maximum atomic E-state index is 12.2. The van der Waals surface area contributed by atoms with Gasteiger partial charge in [-0.25, -0.2) is 4.79 Å². The molecule has 3 aromatic carbocycles. The van der Waals surface area contributed by atoms with Gasteiger partial charge in [-0.15, -0.1) is 0 Å². The number of para-hydroxylation sites is 1. The van der Waals surface area contributed by atoms with E-state index in [9.17, 15) is 13.2 Å². The number of nitrogens with zero attached hydrogens (tertiary/aromatic N) is 2. The molecule has 3 aromatic rings. The maximum Gasteiger partial charge on any atom is 0.323 e. The van der Waals surface area contributed by atoms with Crippen molar-refractivity contribution in [1.82, 2.24) is 0 Å². The van der Waals surface area contributed by atoms with E-state index in [0.717, 1.165) is 0 Å². The first-order valence-electron chi connectivity index (χ1n) is 8.65. The van der Waals surface area contributed by atoms with Crippen molar-refractivity contribution in [3.05, 3.63) is 72.8 Å². The number of anilines is 2. The molecule has 0 aliphatic carbocycles. The van der Waals surface area contributed by atoms with Crippen LogP contribution in [0.4, 0.5) is 27.5 Å². The molecule has 10 heteroatoms. The minimum Gasteiger partial charge on any atom is -0.494 e. The molecule has 0 aliphatic rings. The van der Waals surface area contributed by atoms with Gasteiger partial charge >= 0.3 is 6.03 Å². The summed E-state index contributed by atoms with van der Waals surface area (Å²) in [5, 5.41) is 13.4. The number of hydrogen-bond donors (Lipinski definition) is 3. The molecular weight excluding hydrogens is 408 g/mol. The van der Waals surface area contributed by atoms with Crippen LogP contribution in [0.15, 0.2) is 87.9 Å². The second-order valence-electron chi connectivity index (χ2n) is 6.00. The van der Waals surface area contributed by atoms with Gasteiger partial charge in [0.1, 0.15) is 5.75 Å². The summed E-state index contributed by atoms with van der Waals surface area (Å²) in [7, 11) is -2.88. The lowest BCUT2D eigenvalue weighted by atomic mass is 10.2. The van der Waals surface area contributed by atoms with Crippen molar-refractivity contribution in [3.63, 3.8) is 0 Å². The molecule has 30 heavy (non-hydrogen) atoms. The molecule has 3 N–H and O–H groups in total. The monoisotopic (exact) mass is 426 g/mol. The predicted molar refractivity (Wildman–Crippen MR) is 113 cm³/mol. The Bertz CT molecular complexity index is 1180. The third-order valence-electron chi connectivity index (χ3n) is 3.86. The third kappa shape index (κ3) is 5.63. The largest absolute Gasteiger partial charge is 0.494 e. The summed E-state index contributed by atoms with van der Waals surface area (Å²) in [5.74, 6) is 0.362. The van der Waals surface area contributed by atoms with Gasteiger partial charge in [0.05, 0.1) is 29.1 Å². The number of ether oxygens (including phenoxy) is 1. The number of azo groups is 1. The highest BCUT2D eigenvalue weighted by Crippen LogP contribution is 2.30. The number of carbonyl (C=O) groups excluding carboxylic acids is 1. The highest BCUT2D eigenvalue weighted by atomic mass is 32.2. The van der Waals surface area contributed by atoms with Crippen LogP contribution in [0.1, 0.15) is 0 Å². The molecule has 0 unspecified atom stereocenters. The van der Waals surface area contributed by atoms with Crippen LogP contribution in [0, 0.1) is 0 Å². The van der Waals surface area contributed by atoms with Crippen molar-refractivity contribution in [2.75, 3.05) is 17.7 Å². The maximum absolute atomic E-state index is 12.2. The quantitative estimate of drug-likeness (QED) is 0.377. The predicted octanol–water partition coefficient (Wildman–Crippen LogP) is 5.00. The Morgan fingerprint density at radius 2 is 1.60 bits per heavy atom. The van der Waals surface area contributed by atoms with E-state index in [4.69, 9.17) is 9.29 Å². The fourth-order valence-electron chi connectivity index (χ4n) is 2.47. The van der Waals surface area contributed by atoms with Gasteiger partial charge in [0.15, 0.2) is 0 Å². The van der Waals surface area contributed by atoms with Gasteiger partial charge in [0.2, 0.25) is 0 Å².